The predicted molar refractivity (Wildman–Crippen MR) is 134 cm³/mol. The van der Waals surface area contributed by atoms with Crippen LogP contribution in [-0.4, -0.2) is 73.7 Å². The fraction of sp³-hybridized carbons (Fsp3) is 1.00. The van der Waals surface area contributed by atoms with Crippen molar-refractivity contribution in [3.8, 4) is 0 Å². The van der Waals surface area contributed by atoms with E-state index in [0.717, 1.165) is 0 Å². The summed E-state index contributed by atoms with van der Waals surface area (Å²) in [5.41, 5.74) is 0. The molecule has 4 aliphatic carbocycles. The summed E-state index contributed by atoms with van der Waals surface area (Å²) in [5, 5.41) is 0. The molecule has 4 saturated carbocycles. The summed E-state index contributed by atoms with van der Waals surface area (Å²) in [6.07, 6.45) is 31.9. The maximum Gasteiger partial charge on any atom is -0.412 e. The summed E-state index contributed by atoms with van der Waals surface area (Å²) in [4.78, 5) is 0. The summed E-state index contributed by atoms with van der Waals surface area (Å²) < 4.78 is 5.22. The van der Waals surface area contributed by atoms with E-state index in [0.29, 0.717) is 68.2 Å². The van der Waals surface area contributed by atoms with Crippen LogP contribution < -0.4 is 0 Å². The van der Waals surface area contributed by atoms with E-state index in [1.807, 2.05) is 0 Å². The van der Waals surface area contributed by atoms with Gasteiger partial charge < -0.3 is 5.48 Å². The van der Waals surface area contributed by atoms with Crippen LogP contribution in [0.5, 0.6) is 0 Å². The molecule has 0 atom stereocenters. The van der Waals surface area contributed by atoms with Gasteiger partial charge in [0.15, 0.2) is 0 Å². The molecule has 0 aromatic rings. The Morgan fingerprint density at radius 2 is 0.448 bits per heavy atom. The number of hydrogen-bond donors (Lipinski definition) is 0. The molecular formula is C24H46OTe4. The van der Waals surface area contributed by atoms with Crippen LogP contribution in [-0.2, 0) is 0 Å². The average molecular weight is 861 g/mol. The van der Waals surface area contributed by atoms with Crippen molar-refractivity contribution in [3.05, 3.63) is 0 Å². The summed E-state index contributed by atoms with van der Waals surface area (Å²) in [6, 6.07) is 0. The Morgan fingerprint density at radius 1 is 0.276 bits per heavy atom. The first-order valence-electron chi connectivity index (χ1n) is 12.5. The van der Waals surface area contributed by atoms with Crippen molar-refractivity contribution in [2.45, 2.75) is 144 Å². The zero-order valence-electron chi connectivity index (χ0n) is 18.6. The zero-order valence-corrected chi connectivity index (χ0v) is 27.9. The van der Waals surface area contributed by atoms with Gasteiger partial charge in [-0.3, -0.25) is 0 Å². The van der Waals surface area contributed by atoms with Gasteiger partial charge in [-0.15, -0.1) is 0 Å². The molecule has 0 aromatic heterocycles. The van der Waals surface area contributed by atoms with Gasteiger partial charge in [0.25, 0.3) is 0 Å². The maximum absolute atomic E-state index is 1.64. The van der Waals surface area contributed by atoms with Gasteiger partial charge in [0.05, 0.1) is 0 Å². The average Bonchev–Trinajstić information content (AvgIpc) is 2.80. The van der Waals surface area contributed by atoms with Gasteiger partial charge in [-0.25, -0.2) is 0 Å². The molecule has 0 bridgehead atoms. The van der Waals surface area contributed by atoms with Crippen molar-refractivity contribution in [2.24, 2.45) is 0 Å². The van der Waals surface area contributed by atoms with Gasteiger partial charge in [0, 0.05) is 0 Å². The fourth-order valence-corrected chi connectivity index (χ4v) is 39.5. The maximum atomic E-state index is 1.64. The first kappa shape index (κ1) is 28.4. The third kappa shape index (κ3) is 13.0. The second-order valence-corrected chi connectivity index (χ2v) is 34.0. The minimum absolute atomic E-state index is 0. The summed E-state index contributed by atoms with van der Waals surface area (Å²) >= 11 is 2.12. The van der Waals surface area contributed by atoms with Crippen LogP contribution in [0, 0.1) is 0 Å². The largest absolute Gasteiger partial charge is 0.412 e. The summed E-state index contributed by atoms with van der Waals surface area (Å²) in [5.74, 6) is 0. The van der Waals surface area contributed by atoms with Crippen molar-refractivity contribution in [2.75, 3.05) is 0 Å². The Morgan fingerprint density at radius 3 is 0.621 bits per heavy atom. The van der Waals surface area contributed by atoms with E-state index in [2.05, 4.69) is 0 Å². The molecule has 0 radical (unpaired) electrons. The third-order valence-corrected chi connectivity index (χ3v) is 41.1. The molecule has 4 aliphatic rings. The molecule has 0 heterocycles. The molecule has 5 heteroatoms. The summed E-state index contributed by atoms with van der Waals surface area (Å²) in [6.45, 7) is 0. The SMILES string of the molecule is C1CCC([Te][Te]C2CCCCC2)CC1.C1CCC([Te][Te]C2CCCCC2)CC1.O. The van der Waals surface area contributed by atoms with Crippen molar-refractivity contribution >= 4 is 68.2 Å². The van der Waals surface area contributed by atoms with E-state index in [1.165, 1.54) is 15.9 Å². The number of hydrogen-bond acceptors (Lipinski definition) is 0. The van der Waals surface area contributed by atoms with E-state index < -0.39 is 0 Å². The van der Waals surface area contributed by atoms with E-state index >= 15 is 0 Å². The second kappa shape index (κ2) is 18.4. The quantitative estimate of drug-likeness (QED) is 0.264. The first-order chi connectivity index (χ1) is 13.9. The molecule has 4 rings (SSSR count). The first-order valence-corrected chi connectivity index (χ1v) is 32.6. The Kier molecular flexibility index (Phi) is 18.0. The molecule has 29 heavy (non-hydrogen) atoms. The molecule has 0 amide bonds. The molecule has 4 fully saturated rings. The van der Waals surface area contributed by atoms with Crippen LogP contribution in [0.4, 0.5) is 0 Å². The second-order valence-electron chi connectivity index (χ2n) is 9.42. The topological polar surface area (TPSA) is 31.5 Å². The molecule has 0 unspecified atom stereocenters. The van der Waals surface area contributed by atoms with Crippen LogP contribution in [0.1, 0.15) is 128 Å². The van der Waals surface area contributed by atoms with Crippen molar-refractivity contribution < 1.29 is 5.48 Å². The standard InChI is InChI=1S/2C12H22Te2.H2O/c2*1-3-7-11(8-4-1)13-14-12-9-5-2-6-10-12;/h2*11-12H,1-10H2;1H2. The number of rotatable bonds is 6. The molecule has 0 saturated heterocycles. The van der Waals surface area contributed by atoms with Crippen molar-refractivity contribution in [1.29, 1.82) is 0 Å². The van der Waals surface area contributed by atoms with Crippen LogP contribution in [0.3, 0.4) is 0 Å². The normalized spacial score (nSPS) is 25.7. The third-order valence-electron chi connectivity index (χ3n) is 6.86. The molecule has 0 aliphatic heterocycles. The molecule has 2 N–H and O–H groups in total. The Hall–Kier alpha value is 3.12. The van der Waals surface area contributed by atoms with Gasteiger partial charge in [0.2, 0.25) is 0 Å². The Bertz CT molecular complexity index is 299. The van der Waals surface area contributed by atoms with Crippen LogP contribution >= 0.6 is 0 Å². The van der Waals surface area contributed by atoms with E-state index in [4.69, 9.17) is 0 Å². The van der Waals surface area contributed by atoms with E-state index in [9.17, 15) is 0 Å². The van der Waals surface area contributed by atoms with Gasteiger partial charge in [-0.2, -0.15) is 0 Å². The minimum atomic E-state index is 0. The van der Waals surface area contributed by atoms with Gasteiger partial charge in [0.1, 0.15) is 0 Å². The monoisotopic (exact) mass is 870 g/mol. The van der Waals surface area contributed by atoms with Crippen LogP contribution in [0.25, 0.3) is 0 Å². The smallest absolute Gasteiger partial charge is 0.412 e. The van der Waals surface area contributed by atoms with Crippen LogP contribution in [0.15, 0.2) is 0 Å². The fourth-order valence-electron chi connectivity index (χ4n) is 4.96. The molecule has 0 spiro atoms. The van der Waals surface area contributed by atoms with Gasteiger partial charge in [-0.1, -0.05) is 0 Å². The van der Waals surface area contributed by atoms with Gasteiger partial charge in [-0.05, 0) is 0 Å². The van der Waals surface area contributed by atoms with E-state index in [1.54, 1.807) is 128 Å². The molecule has 1 nitrogen and oxygen atoms in total. The molecule has 0 aromatic carbocycles. The van der Waals surface area contributed by atoms with Gasteiger partial charge >= 0.3 is 213 Å². The summed E-state index contributed by atoms with van der Waals surface area (Å²) in [7, 11) is 0. The zero-order chi connectivity index (χ0) is 19.3. The molecular weight excluding hydrogens is 815 g/mol. The van der Waals surface area contributed by atoms with Crippen molar-refractivity contribution in [3.63, 3.8) is 0 Å². The Labute approximate surface area is 215 Å². The van der Waals surface area contributed by atoms with E-state index in [-0.39, 0.29) is 5.48 Å². The van der Waals surface area contributed by atoms with Crippen LogP contribution in [0.2, 0.25) is 15.9 Å². The Balaban J connectivity index is 0.000000200. The minimum Gasteiger partial charge on any atom is -0.412 e. The predicted octanol–water partition coefficient (Wildman–Crippen LogP) is 6.81. The molecule has 172 valence electrons. The van der Waals surface area contributed by atoms with Crippen molar-refractivity contribution in [1.82, 2.24) is 0 Å².